The van der Waals surface area contributed by atoms with Crippen LogP contribution >= 0.6 is 0 Å². The number of anilines is 2. The Morgan fingerprint density at radius 1 is 0.625 bits per heavy atom. The summed E-state index contributed by atoms with van der Waals surface area (Å²) in [4.78, 5) is 7.98. The molecule has 0 N–H and O–H groups in total. The maximum Gasteiger partial charge on any atom is 0.166 e. The molecule has 8 heteroatoms. The van der Waals surface area contributed by atoms with Crippen LogP contribution in [0.25, 0.3) is 0 Å². The molecule has 0 fully saturated rings. The van der Waals surface area contributed by atoms with Gasteiger partial charge in [-0.1, -0.05) is 18.2 Å². The first kappa shape index (κ1) is 31.1. The average molecular weight is 579 g/mol. The van der Waals surface area contributed by atoms with E-state index in [0.717, 1.165) is 5.75 Å². The molecular formula is C32H38N2O4S2. The third-order valence-corrected chi connectivity index (χ3v) is 8.77. The molecule has 40 heavy (non-hydrogen) atoms. The van der Waals surface area contributed by atoms with Gasteiger partial charge in [-0.2, -0.15) is 0 Å². The lowest BCUT2D eigenvalue weighted by Gasteiger charge is -2.21. The van der Waals surface area contributed by atoms with Crippen LogP contribution in [0.5, 0.6) is 5.75 Å². The van der Waals surface area contributed by atoms with Crippen LogP contribution in [0.15, 0.2) is 123 Å². The first-order valence-corrected chi connectivity index (χ1v) is 15.5. The summed E-state index contributed by atoms with van der Waals surface area (Å²) in [5, 5.41) is 0. The van der Waals surface area contributed by atoms with Gasteiger partial charge in [-0.15, -0.1) is 0 Å². The molecule has 0 aliphatic heterocycles. The van der Waals surface area contributed by atoms with E-state index >= 15 is 0 Å². The predicted molar refractivity (Wildman–Crippen MR) is 165 cm³/mol. The van der Waals surface area contributed by atoms with Gasteiger partial charge < -0.3 is 19.1 Å². The van der Waals surface area contributed by atoms with Crippen LogP contribution in [-0.2, 0) is 21.0 Å². The molecule has 0 saturated heterocycles. The van der Waals surface area contributed by atoms with E-state index in [9.17, 15) is 13.0 Å². The Morgan fingerprint density at radius 3 is 1.30 bits per heavy atom. The van der Waals surface area contributed by atoms with Crippen LogP contribution in [0.4, 0.5) is 11.4 Å². The minimum absolute atomic E-state index is 0.182. The van der Waals surface area contributed by atoms with E-state index in [1.54, 1.807) is 6.07 Å². The minimum atomic E-state index is -4.25. The van der Waals surface area contributed by atoms with Crippen LogP contribution in [0.3, 0.4) is 0 Å². The van der Waals surface area contributed by atoms with Gasteiger partial charge >= 0.3 is 0 Å². The number of hydrogen-bond acceptors (Lipinski definition) is 6. The molecule has 0 radical (unpaired) electrons. The second kappa shape index (κ2) is 13.3. The Morgan fingerprint density at radius 2 is 1.00 bits per heavy atom. The van der Waals surface area contributed by atoms with Crippen LogP contribution in [0.2, 0.25) is 0 Å². The van der Waals surface area contributed by atoms with Crippen LogP contribution in [0.1, 0.15) is 20.8 Å². The predicted octanol–water partition coefficient (Wildman–Crippen LogP) is 6.68. The molecule has 0 unspecified atom stereocenters. The molecule has 4 aromatic rings. The van der Waals surface area contributed by atoms with Gasteiger partial charge in [-0.25, -0.2) is 8.42 Å². The second-order valence-electron chi connectivity index (χ2n) is 10.5. The molecule has 4 aromatic carbocycles. The van der Waals surface area contributed by atoms with Gasteiger partial charge in [0.05, 0.1) is 15.8 Å². The summed E-state index contributed by atoms with van der Waals surface area (Å²) in [7, 11) is 3.85. The van der Waals surface area contributed by atoms with E-state index < -0.39 is 10.1 Å². The van der Waals surface area contributed by atoms with Crippen molar-refractivity contribution in [2.24, 2.45) is 0 Å². The second-order valence-corrected chi connectivity index (χ2v) is 13.9. The van der Waals surface area contributed by atoms with Gasteiger partial charge in [0.25, 0.3) is 0 Å². The van der Waals surface area contributed by atoms with Gasteiger partial charge in [-0.05, 0) is 106 Å². The summed E-state index contributed by atoms with van der Waals surface area (Å²) < 4.78 is 36.9. The monoisotopic (exact) mass is 578 g/mol. The fourth-order valence-corrected chi connectivity index (χ4v) is 6.29. The van der Waals surface area contributed by atoms with E-state index in [2.05, 4.69) is 132 Å². The maximum atomic E-state index is 10.3. The van der Waals surface area contributed by atoms with Crippen molar-refractivity contribution in [3.63, 3.8) is 0 Å². The topological polar surface area (TPSA) is 72.9 Å². The third-order valence-electron chi connectivity index (χ3n) is 5.69. The SMILES string of the molecule is CN(C)c1ccc([S+](c2ccc(OC(C)(C)C)cc2)c2ccc(N(C)C)cc2)cc1.O=S(=O)([O-])c1ccccc1. The normalized spacial score (nSPS) is 11.4. The van der Waals surface area contributed by atoms with E-state index in [4.69, 9.17) is 4.74 Å². The lowest BCUT2D eigenvalue weighted by molar-refractivity contribution is 0.131. The lowest BCUT2D eigenvalue weighted by atomic mass is 10.2. The van der Waals surface area contributed by atoms with Crippen LogP contribution < -0.4 is 14.5 Å². The highest BCUT2D eigenvalue weighted by Crippen LogP contribution is 2.34. The van der Waals surface area contributed by atoms with E-state index in [1.807, 2.05) is 0 Å². The largest absolute Gasteiger partial charge is 0.744 e. The first-order chi connectivity index (χ1) is 18.7. The maximum absolute atomic E-state index is 10.3. The van der Waals surface area contributed by atoms with Gasteiger partial charge in [0.15, 0.2) is 14.7 Å². The highest BCUT2D eigenvalue weighted by molar-refractivity contribution is 7.97. The first-order valence-electron chi connectivity index (χ1n) is 12.8. The fraction of sp³-hybridized carbons (Fsp3) is 0.250. The number of ether oxygens (including phenoxy) is 1. The molecule has 4 rings (SSSR count). The van der Waals surface area contributed by atoms with E-state index in [0.29, 0.717) is 0 Å². The van der Waals surface area contributed by atoms with Gasteiger partial charge in [0, 0.05) is 39.6 Å². The summed E-state index contributed by atoms with van der Waals surface area (Å²) in [6, 6.07) is 33.5. The molecule has 0 aromatic heterocycles. The quantitative estimate of drug-likeness (QED) is 0.180. The van der Waals surface area contributed by atoms with Crippen molar-refractivity contribution in [2.75, 3.05) is 38.0 Å². The Kier molecular flexibility index (Phi) is 10.3. The summed E-state index contributed by atoms with van der Waals surface area (Å²) in [5.41, 5.74) is 2.21. The zero-order valence-electron chi connectivity index (χ0n) is 24.2. The van der Waals surface area contributed by atoms with Gasteiger partial charge in [-0.3, -0.25) is 0 Å². The third kappa shape index (κ3) is 9.05. The van der Waals surface area contributed by atoms with Crippen molar-refractivity contribution in [3.05, 3.63) is 103 Å². The highest BCUT2D eigenvalue weighted by Gasteiger charge is 2.29. The molecule has 0 spiro atoms. The molecule has 212 valence electrons. The number of benzene rings is 4. The average Bonchev–Trinajstić information content (AvgIpc) is 2.90. The molecule has 0 aliphatic rings. The van der Waals surface area contributed by atoms with Crippen molar-refractivity contribution < 1.29 is 17.7 Å². The van der Waals surface area contributed by atoms with Gasteiger partial charge in [0.2, 0.25) is 0 Å². The van der Waals surface area contributed by atoms with E-state index in [1.165, 1.54) is 50.3 Å². The molecule has 0 atom stereocenters. The number of rotatable bonds is 7. The van der Waals surface area contributed by atoms with Gasteiger partial charge in [0.1, 0.15) is 21.5 Å². The fourth-order valence-electron chi connectivity index (χ4n) is 3.75. The summed E-state index contributed by atoms with van der Waals surface area (Å²) >= 11 is 0. The number of nitrogens with zero attached hydrogens (tertiary/aromatic N) is 2. The van der Waals surface area contributed by atoms with Crippen molar-refractivity contribution >= 4 is 32.4 Å². The molecule has 0 saturated carbocycles. The number of hydrogen-bond donors (Lipinski definition) is 0. The highest BCUT2D eigenvalue weighted by atomic mass is 32.2. The molecule has 0 amide bonds. The molecule has 0 aliphatic carbocycles. The Labute approximate surface area is 242 Å². The minimum Gasteiger partial charge on any atom is -0.744 e. The Bertz CT molecular complexity index is 1400. The zero-order valence-corrected chi connectivity index (χ0v) is 25.8. The summed E-state index contributed by atoms with van der Waals surface area (Å²) in [5.74, 6) is 0.903. The molecule has 0 bridgehead atoms. The van der Waals surface area contributed by atoms with Crippen molar-refractivity contribution in [1.29, 1.82) is 0 Å². The summed E-state index contributed by atoms with van der Waals surface area (Å²) in [6.45, 7) is 6.22. The Balaban J connectivity index is 0.000000371. The lowest BCUT2D eigenvalue weighted by Crippen LogP contribution is -2.22. The Hall–Kier alpha value is -3.46. The van der Waals surface area contributed by atoms with Crippen molar-refractivity contribution in [3.8, 4) is 5.75 Å². The molecular weight excluding hydrogens is 540 g/mol. The molecule has 6 nitrogen and oxygen atoms in total. The zero-order chi connectivity index (χ0) is 29.5. The summed E-state index contributed by atoms with van der Waals surface area (Å²) in [6.07, 6.45) is 0. The smallest absolute Gasteiger partial charge is 0.166 e. The van der Waals surface area contributed by atoms with Crippen molar-refractivity contribution in [1.82, 2.24) is 0 Å². The molecule has 0 heterocycles. The standard InChI is InChI=1S/C26H33N2OS.C6H6O3S/c1-26(2,3)29-22-12-18-25(19-13-22)30(23-14-8-20(9-15-23)27(4)5)24-16-10-21(11-17-24)28(6)7;7-10(8,9)6-4-2-1-3-5-6/h8-19H,1-7H3;1-5H,(H,7,8,9)/q+1;/p-1. The van der Waals surface area contributed by atoms with Crippen LogP contribution in [0, 0.1) is 0 Å². The van der Waals surface area contributed by atoms with Crippen LogP contribution in [-0.4, -0.2) is 46.8 Å². The van der Waals surface area contributed by atoms with E-state index in [-0.39, 0.29) is 21.4 Å². The van der Waals surface area contributed by atoms with Crippen molar-refractivity contribution in [2.45, 2.75) is 46.0 Å².